The molecule has 1 aromatic rings. The van der Waals surface area contributed by atoms with Crippen LogP contribution in [0.15, 0.2) is 18.2 Å². The Hall–Kier alpha value is -3.34. The SMILES string of the molecule is CCC(C)COC(=O)Oc1ccc(CC(N)(C[C@H](C)OC(=O)C(C)CC)C(=O)O)cc1OC(=O)OCC(C)CC. The molecule has 0 spiro atoms. The molecule has 0 radical (unpaired) electrons. The number of carbonyl (C=O) groups excluding carboxylic acids is 3. The van der Waals surface area contributed by atoms with E-state index in [1.54, 1.807) is 13.8 Å². The summed E-state index contributed by atoms with van der Waals surface area (Å²) in [6.07, 6.45) is -0.963. The monoisotopic (exact) mass is 567 g/mol. The largest absolute Gasteiger partial charge is 0.513 e. The molecule has 226 valence electrons. The molecule has 0 heterocycles. The van der Waals surface area contributed by atoms with Crippen LogP contribution in [0.3, 0.4) is 0 Å². The van der Waals surface area contributed by atoms with Gasteiger partial charge in [0, 0.05) is 12.8 Å². The third-order valence-corrected chi connectivity index (χ3v) is 6.69. The highest BCUT2D eigenvalue weighted by molar-refractivity contribution is 5.79. The van der Waals surface area contributed by atoms with Crippen LogP contribution in [-0.4, -0.2) is 54.2 Å². The van der Waals surface area contributed by atoms with E-state index in [1.807, 2.05) is 34.6 Å². The van der Waals surface area contributed by atoms with Crippen molar-refractivity contribution < 1.29 is 48.0 Å². The van der Waals surface area contributed by atoms with Crippen molar-refractivity contribution in [2.24, 2.45) is 23.5 Å². The number of benzene rings is 1. The van der Waals surface area contributed by atoms with Gasteiger partial charge in [0.05, 0.1) is 19.1 Å². The van der Waals surface area contributed by atoms with Gasteiger partial charge < -0.3 is 34.5 Å². The first kappa shape index (κ1) is 34.7. The van der Waals surface area contributed by atoms with E-state index >= 15 is 0 Å². The Balaban J connectivity index is 3.18. The molecule has 0 bridgehead atoms. The van der Waals surface area contributed by atoms with E-state index < -0.39 is 35.9 Å². The van der Waals surface area contributed by atoms with Gasteiger partial charge in [-0.2, -0.15) is 0 Å². The first-order valence-corrected chi connectivity index (χ1v) is 13.8. The molecule has 0 aromatic heterocycles. The molecule has 40 heavy (non-hydrogen) atoms. The lowest BCUT2D eigenvalue weighted by Gasteiger charge is -2.28. The number of rotatable bonds is 16. The highest BCUT2D eigenvalue weighted by Crippen LogP contribution is 2.31. The van der Waals surface area contributed by atoms with Gasteiger partial charge in [0.2, 0.25) is 0 Å². The topological polar surface area (TPSA) is 161 Å². The Labute approximate surface area is 236 Å². The molecule has 11 nitrogen and oxygen atoms in total. The summed E-state index contributed by atoms with van der Waals surface area (Å²) in [6, 6.07) is 4.20. The minimum atomic E-state index is -1.82. The lowest BCUT2D eigenvalue weighted by Crippen LogP contribution is -2.52. The molecular formula is C29H45NO10. The first-order chi connectivity index (χ1) is 18.7. The summed E-state index contributed by atoms with van der Waals surface area (Å²) >= 11 is 0. The van der Waals surface area contributed by atoms with Gasteiger partial charge in [-0.15, -0.1) is 0 Å². The van der Waals surface area contributed by atoms with Crippen molar-refractivity contribution in [2.45, 2.75) is 92.2 Å². The van der Waals surface area contributed by atoms with Crippen molar-refractivity contribution in [2.75, 3.05) is 13.2 Å². The number of ether oxygens (including phenoxy) is 5. The van der Waals surface area contributed by atoms with Crippen LogP contribution >= 0.6 is 0 Å². The Morgan fingerprint density at radius 3 is 1.85 bits per heavy atom. The van der Waals surface area contributed by atoms with Crippen LogP contribution in [0.5, 0.6) is 11.5 Å². The summed E-state index contributed by atoms with van der Waals surface area (Å²) in [7, 11) is 0. The lowest BCUT2D eigenvalue weighted by molar-refractivity contribution is -0.156. The highest BCUT2D eigenvalue weighted by atomic mass is 16.7. The number of carboxylic acid groups (broad SMARTS) is 1. The van der Waals surface area contributed by atoms with Crippen molar-refractivity contribution in [1.82, 2.24) is 0 Å². The summed E-state index contributed by atoms with van der Waals surface area (Å²) < 4.78 is 26.2. The number of carboxylic acids is 1. The maximum Gasteiger partial charge on any atom is 0.513 e. The number of aliphatic carboxylic acids is 1. The Kier molecular flexibility index (Phi) is 14.5. The molecule has 11 heteroatoms. The fourth-order valence-electron chi connectivity index (χ4n) is 3.36. The van der Waals surface area contributed by atoms with Crippen LogP contribution < -0.4 is 15.2 Å². The second kappa shape index (κ2) is 16.7. The van der Waals surface area contributed by atoms with Crippen LogP contribution in [-0.2, 0) is 30.2 Å². The van der Waals surface area contributed by atoms with Crippen LogP contribution in [0, 0.1) is 17.8 Å². The highest BCUT2D eigenvalue weighted by Gasteiger charge is 2.37. The number of nitrogens with two attached hydrogens (primary N) is 1. The minimum absolute atomic E-state index is 0.106. The average molecular weight is 568 g/mol. The third-order valence-electron chi connectivity index (χ3n) is 6.69. The zero-order chi connectivity index (χ0) is 30.5. The summed E-state index contributed by atoms with van der Waals surface area (Å²) in [5.41, 5.74) is 4.83. The second-order valence-electron chi connectivity index (χ2n) is 10.5. The molecule has 0 saturated carbocycles. The van der Waals surface area contributed by atoms with Gasteiger partial charge in [0.25, 0.3) is 0 Å². The molecule has 1 aromatic carbocycles. The molecule has 0 aliphatic heterocycles. The molecule has 0 saturated heterocycles. The molecule has 0 aliphatic carbocycles. The van der Waals surface area contributed by atoms with Crippen LogP contribution in [0.25, 0.3) is 0 Å². The van der Waals surface area contributed by atoms with E-state index in [9.17, 15) is 24.3 Å². The number of esters is 1. The number of hydrogen-bond acceptors (Lipinski definition) is 10. The third kappa shape index (κ3) is 11.8. The van der Waals surface area contributed by atoms with Gasteiger partial charge in [-0.3, -0.25) is 9.59 Å². The zero-order valence-corrected chi connectivity index (χ0v) is 24.7. The Morgan fingerprint density at radius 2 is 1.38 bits per heavy atom. The summed E-state index contributed by atoms with van der Waals surface area (Å²) in [5.74, 6) is -2.12. The summed E-state index contributed by atoms with van der Waals surface area (Å²) in [5, 5.41) is 9.93. The fourth-order valence-corrected chi connectivity index (χ4v) is 3.36. The van der Waals surface area contributed by atoms with Crippen LogP contribution in [0.4, 0.5) is 9.59 Å². The van der Waals surface area contributed by atoms with E-state index in [1.165, 1.54) is 18.2 Å². The van der Waals surface area contributed by atoms with Gasteiger partial charge in [0.1, 0.15) is 11.6 Å². The lowest BCUT2D eigenvalue weighted by atomic mass is 9.86. The first-order valence-electron chi connectivity index (χ1n) is 13.8. The van der Waals surface area contributed by atoms with Crippen molar-refractivity contribution >= 4 is 24.2 Å². The standard InChI is InChI=1S/C29H45NO10/c1-8-18(4)16-36-27(34)39-23-12-11-22(13-24(23)40-28(35)37-17-19(5)9-2)15-29(30,26(32)33)14-21(7)38-25(31)20(6)10-3/h11-13,18-21H,8-10,14-17,30H2,1-7H3,(H,32,33)/t18?,19?,20?,21-,29?/m0/s1. The zero-order valence-electron chi connectivity index (χ0n) is 24.7. The molecular weight excluding hydrogens is 522 g/mol. The van der Waals surface area contributed by atoms with E-state index in [2.05, 4.69) is 0 Å². The van der Waals surface area contributed by atoms with Crippen molar-refractivity contribution in [3.8, 4) is 11.5 Å². The molecule has 0 aliphatic rings. The number of hydrogen-bond donors (Lipinski definition) is 2. The minimum Gasteiger partial charge on any atom is -0.480 e. The van der Waals surface area contributed by atoms with Gasteiger partial charge in [-0.25, -0.2) is 9.59 Å². The van der Waals surface area contributed by atoms with Gasteiger partial charge in [-0.05, 0) is 42.9 Å². The summed E-state index contributed by atoms with van der Waals surface area (Å²) in [6.45, 7) is 13.2. The number of carbonyl (C=O) groups is 4. The predicted molar refractivity (Wildman–Crippen MR) is 147 cm³/mol. The van der Waals surface area contributed by atoms with Crippen LogP contribution in [0.1, 0.15) is 79.7 Å². The van der Waals surface area contributed by atoms with Gasteiger partial charge >= 0.3 is 24.2 Å². The van der Waals surface area contributed by atoms with E-state index in [0.29, 0.717) is 12.0 Å². The molecule has 1 rings (SSSR count). The predicted octanol–water partition coefficient (Wildman–Crippen LogP) is 5.50. The Bertz CT molecular complexity index is 997. The molecule has 0 amide bonds. The second-order valence-corrected chi connectivity index (χ2v) is 10.5. The fraction of sp³-hybridized carbons (Fsp3) is 0.655. The van der Waals surface area contributed by atoms with Crippen molar-refractivity contribution in [1.29, 1.82) is 0 Å². The average Bonchev–Trinajstić information content (AvgIpc) is 2.90. The molecule has 0 fully saturated rings. The molecule has 3 N–H and O–H groups in total. The van der Waals surface area contributed by atoms with Crippen molar-refractivity contribution in [3.63, 3.8) is 0 Å². The molecule has 5 atom stereocenters. The van der Waals surface area contributed by atoms with E-state index in [-0.39, 0.29) is 55.3 Å². The molecule has 4 unspecified atom stereocenters. The quantitative estimate of drug-likeness (QED) is 0.147. The maximum absolute atomic E-state index is 12.4. The summed E-state index contributed by atoms with van der Waals surface area (Å²) in [4.78, 5) is 49.0. The smallest absolute Gasteiger partial charge is 0.480 e. The van der Waals surface area contributed by atoms with Crippen molar-refractivity contribution in [3.05, 3.63) is 23.8 Å². The Morgan fingerprint density at radius 1 is 0.850 bits per heavy atom. The van der Waals surface area contributed by atoms with Crippen LogP contribution in [0.2, 0.25) is 0 Å². The van der Waals surface area contributed by atoms with Gasteiger partial charge in [-0.1, -0.05) is 60.5 Å². The maximum atomic E-state index is 12.4. The normalized spacial score (nSPS) is 15.5. The van der Waals surface area contributed by atoms with E-state index in [4.69, 9.17) is 29.4 Å². The van der Waals surface area contributed by atoms with E-state index in [0.717, 1.165) is 12.8 Å². The van der Waals surface area contributed by atoms with Gasteiger partial charge in [0.15, 0.2) is 11.5 Å².